The first-order valence-corrected chi connectivity index (χ1v) is 6.91. The Hall–Kier alpha value is -1.12. The molecule has 98 valence electrons. The number of benzene rings is 1. The topological polar surface area (TPSA) is 46.2 Å². The van der Waals surface area contributed by atoms with Crippen molar-refractivity contribution in [2.45, 2.75) is 32.1 Å². The summed E-state index contributed by atoms with van der Waals surface area (Å²) in [5, 5.41) is 8.88. The van der Waals surface area contributed by atoms with Crippen molar-refractivity contribution in [3.63, 3.8) is 0 Å². The van der Waals surface area contributed by atoms with Crippen LogP contribution in [0.1, 0.15) is 36.8 Å². The molecule has 1 aromatic carbocycles. The minimum Gasteiger partial charge on any atom is -0.396 e. The fraction of sp³-hybridized carbons (Fsp3) is 0.500. The van der Waals surface area contributed by atoms with Gasteiger partial charge in [-0.1, -0.05) is 35.9 Å². The maximum Gasteiger partial charge on any atom is 0.0471 e. The van der Waals surface area contributed by atoms with Crippen LogP contribution in [0.25, 0.3) is 6.08 Å². The minimum atomic E-state index is 0.223. The lowest BCUT2D eigenvalue weighted by atomic mass is 9.85. The Balaban J connectivity index is 1.96. The van der Waals surface area contributed by atoms with Crippen molar-refractivity contribution in [3.05, 3.63) is 41.0 Å². The first-order valence-electron chi connectivity index (χ1n) is 6.91. The second kappa shape index (κ2) is 6.72. The largest absolute Gasteiger partial charge is 0.396 e. The molecule has 3 N–H and O–H groups in total. The number of nitrogens with two attached hydrogens (primary N) is 1. The Morgan fingerprint density at radius 2 is 1.83 bits per heavy atom. The summed E-state index contributed by atoms with van der Waals surface area (Å²) in [7, 11) is 0. The van der Waals surface area contributed by atoms with Gasteiger partial charge in [-0.3, -0.25) is 0 Å². The van der Waals surface area contributed by atoms with Gasteiger partial charge in [0.15, 0.2) is 0 Å². The monoisotopic (exact) mass is 245 g/mol. The molecule has 0 atom stereocenters. The SMILES string of the molecule is NCC1CCC(=Cc2ccc(CCO)cc2)CC1. The Kier molecular flexibility index (Phi) is 4.97. The van der Waals surface area contributed by atoms with E-state index in [0.29, 0.717) is 0 Å². The molecule has 2 heteroatoms. The number of rotatable bonds is 4. The van der Waals surface area contributed by atoms with Gasteiger partial charge in [0.2, 0.25) is 0 Å². The maximum atomic E-state index is 8.88. The van der Waals surface area contributed by atoms with Crippen LogP contribution in [0.3, 0.4) is 0 Å². The molecule has 1 saturated carbocycles. The molecule has 0 unspecified atom stereocenters. The standard InChI is InChI=1S/C16H23NO/c17-12-16-7-5-15(6-8-16)11-14-3-1-13(2-4-14)9-10-18/h1-4,11,16,18H,5-10,12,17H2. The van der Waals surface area contributed by atoms with E-state index in [0.717, 1.165) is 18.9 Å². The third-order valence-corrected chi connectivity index (χ3v) is 3.83. The highest BCUT2D eigenvalue weighted by Gasteiger charge is 2.14. The van der Waals surface area contributed by atoms with Crippen LogP contribution in [0.5, 0.6) is 0 Å². The van der Waals surface area contributed by atoms with Crippen LogP contribution in [0.2, 0.25) is 0 Å². The van der Waals surface area contributed by atoms with Crippen molar-refractivity contribution < 1.29 is 5.11 Å². The fourth-order valence-electron chi connectivity index (χ4n) is 2.57. The second-order valence-electron chi connectivity index (χ2n) is 5.20. The van der Waals surface area contributed by atoms with E-state index in [1.807, 2.05) is 0 Å². The first kappa shape index (κ1) is 13.3. The molecule has 0 spiro atoms. The second-order valence-corrected chi connectivity index (χ2v) is 5.20. The quantitative estimate of drug-likeness (QED) is 0.856. The molecule has 0 aromatic heterocycles. The van der Waals surface area contributed by atoms with Crippen molar-refractivity contribution in [1.82, 2.24) is 0 Å². The Bertz CT molecular complexity index is 384. The third kappa shape index (κ3) is 3.69. The molecule has 2 nitrogen and oxygen atoms in total. The number of allylic oxidation sites excluding steroid dienone is 1. The molecule has 0 amide bonds. The van der Waals surface area contributed by atoms with Gasteiger partial charge in [0.25, 0.3) is 0 Å². The Morgan fingerprint density at radius 1 is 1.17 bits per heavy atom. The third-order valence-electron chi connectivity index (χ3n) is 3.83. The normalized spacial score (nSPS) is 19.9. The zero-order valence-electron chi connectivity index (χ0n) is 10.9. The van der Waals surface area contributed by atoms with E-state index < -0.39 is 0 Å². The highest BCUT2D eigenvalue weighted by molar-refractivity contribution is 5.53. The average Bonchev–Trinajstić information content (AvgIpc) is 2.42. The van der Waals surface area contributed by atoms with Crippen LogP contribution in [-0.2, 0) is 6.42 Å². The van der Waals surface area contributed by atoms with E-state index in [4.69, 9.17) is 10.8 Å². The maximum absolute atomic E-state index is 8.88. The highest BCUT2D eigenvalue weighted by Crippen LogP contribution is 2.28. The summed E-state index contributed by atoms with van der Waals surface area (Å²) in [5.74, 6) is 0.731. The van der Waals surface area contributed by atoms with Gasteiger partial charge in [-0.15, -0.1) is 0 Å². The summed E-state index contributed by atoms with van der Waals surface area (Å²) in [5.41, 5.74) is 9.73. The van der Waals surface area contributed by atoms with E-state index in [1.54, 1.807) is 5.57 Å². The smallest absolute Gasteiger partial charge is 0.0471 e. The van der Waals surface area contributed by atoms with Crippen LogP contribution in [0.4, 0.5) is 0 Å². The molecule has 2 rings (SSSR count). The number of aliphatic hydroxyl groups excluding tert-OH is 1. The van der Waals surface area contributed by atoms with Crippen LogP contribution in [-0.4, -0.2) is 18.3 Å². The van der Waals surface area contributed by atoms with Crippen LogP contribution in [0.15, 0.2) is 29.8 Å². The summed E-state index contributed by atoms with van der Waals surface area (Å²) in [6, 6.07) is 8.50. The van der Waals surface area contributed by atoms with Crippen LogP contribution >= 0.6 is 0 Å². The molecule has 0 saturated heterocycles. The van der Waals surface area contributed by atoms with Gasteiger partial charge in [0, 0.05) is 6.61 Å². The molecule has 1 fully saturated rings. The fourth-order valence-corrected chi connectivity index (χ4v) is 2.57. The minimum absolute atomic E-state index is 0.223. The zero-order valence-corrected chi connectivity index (χ0v) is 10.9. The molecule has 0 radical (unpaired) electrons. The van der Waals surface area contributed by atoms with Gasteiger partial charge in [0.05, 0.1) is 0 Å². The molecular weight excluding hydrogens is 222 g/mol. The molecule has 1 aromatic rings. The predicted molar refractivity (Wildman–Crippen MR) is 76.2 cm³/mol. The van der Waals surface area contributed by atoms with Gasteiger partial charge >= 0.3 is 0 Å². The lowest BCUT2D eigenvalue weighted by Crippen LogP contribution is -2.17. The van der Waals surface area contributed by atoms with Crippen LogP contribution < -0.4 is 5.73 Å². The summed E-state index contributed by atoms with van der Waals surface area (Å²) in [6.45, 7) is 1.06. The van der Waals surface area contributed by atoms with E-state index in [9.17, 15) is 0 Å². The Morgan fingerprint density at radius 3 is 2.39 bits per heavy atom. The molecule has 0 bridgehead atoms. The van der Waals surface area contributed by atoms with Gasteiger partial charge in [-0.2, -0.15) is 0 Å². The zero-order chi connectivity index (χ0) is 12.8. The number of aliphatic hydroxyl groups is 1. The lowest BCUT2D eigenvalue weighted by Gasteiger charge is -2.22. The van der Waals surface area contributed by atoms with Crippen molar-refractivity contribution in [2.75, 3.05) is 13.2 Å². The van der Waals surface area contributed by atoms with Gasteiger partial charge < -0.3 is 10.8 Å². The van der Waals surface area contributed by atoms with Crippen molar-refractivity contribution >= 4 is 6.08 Å². The van der Waals surface area contributed by atoms with Gasteiger partial charge in [-0.05, 0) is 55.7 Å². The lowest BCUT2D eigenvalue weighted by molar-refractivity contribution is 0.299. The Labute approximate surface area is 110 Å². The van der Waals surface area contributed by atoms with Crippen molar-refractivity contribution in [3.8, 4) is 0 Å². The van der Waals surface area contributed by atoms with Gasteiger partial charge in [-0.25, -0.2) is 0 Å². The van der Waals surface area contributed by atoms with Crippen molar-refractivity contribution in [1.29, 1.82) is 0 Å². The van der Waals surface area contributed by atoms with E-state index in [2.05, 4.69) is 30.3 Å². The average molecular weight is 245 g/mol. The molecule has 0 aliphatic heterocycles. The predicted octanol–water partition coefficient (Wildman–Crippen LogP) is 2.75. The summed E-state index contributed by atoms with van der Waals surface area (Å²) in [6.07, 6.45) is 7.93. The van der Waals surface area contributed by atoms with E-state index in [1.165, 1.54) is 36.8 Å². The van der Waals surface area contributed by atoms with Crippen molar-refractivity contribution in [2.24, 2.45) is 11.7 Å². The number of hydrogen-bond acceptors (Lipinski definition) is 2. The molecule has 1 aliphatic rings. The summed E-state index contributed by atoms with van der Waals surface area (Å²) in [4.78, 5) is 0. The molecule has 0 heterocycles. The van der Waals surface area contributed by atoms with E-state index in [-0.39, 0.29) is 6.61 Å². The number of hydrogen-bond donors (Lipinski definition) is 2. The highest BCUT2D eigenvalue weighted by atomic mass is 16.2. The molecular formula is C16H23NO. The first-order chi connectivity index (χ1) is 8.81. The molecule has 18 heavy (non-hydrogen) atoms. The van der Waals surface area contributed by atoms with Gasteiger partial charge in [0.1, 0.15) is 0 Å². The summed E-state index contributed by atoms with van der Waals surface area (Å²) >= 11 is 0. The molecule has 1 aliphatic carbocycles. The van der Waals surface area contributed by atoms with E-state index >= 15 is 0 Å². The summed E-state index contributed by atoms with van der Waals surface area (Å²) < 4.78 is 0. The van der Waals surface area contributed by atoms with Crippen LogP contribution in [0, 0.1) is 5.92 Å².